The van der Waals surface area contributed by atoms with Gasteiger partial charge in [0, 0.05) is 30.2 Å². The van der Waals surface area contributed by atoms with Crippen molar-refractivity contribution in [3.05, 3.63) is 44.0 Å². The minimum Gasteiger partial charge on any atom is -0.381 e. The van der Waals surface area contributed by atoms with Crippen LogP contribution in [0.15, 0.2) is 18.2 Å². The van der Waals surface area contributed by atoms with Gasteiger partial charge in [-0.05, 0) is 18.9 Å². The number of non-ortho nitro benzene ring substituents is 1. The van der Waals surface area contributed by atoms with E-state index in [-0.39, 0.29) is 16.8 Å². The monoisotopic (exact) mass is 281 g/mol. The minimum atomic E-state index is -0.645. The Balaban J connectivity index is 2.35. The Morgan fingerprint density at radius 2 is 2.05 bits per heavy atom. The number of nitrogens with zero attached hydrogens (tertiary/aromatic N) is 2. The summed E-state index contributed by atoms with van der Waals surface area (Å²) in [5.74, 6) is 0. The van der Waals surface area contributed by atoms with Gasteiger partial charge in [-0.2, -0.15) is 0 Å². The first-order chi connectivity index (χ1) is 9.47. The van der Waals surface area contributed by atoms with Crippen LogP contribution >= 0.6 is 0 Å². The van der Waals surface area contributed by atoms with Crippen LogP contribution in [-0.2, 0) is 11.2 Å². The van der Waals surface area contributed by atoms with Crippen LogP contribution in [0, 0.1) is 25.6 Å². The maximum atomic E-state index is 11.1. The summed E-state index contributed by atoms with van der Waals surface area (Å²) in [6, 6.07) is 3.71. The molecule has 1 heterocycles. The van der Waals surface area contributed by atoms with Crippen molar-refractivity contribution < 1.29 is 14.6 Å². The van der Waals surface area contributed by atoms with Gasteiger partial charge in [0.05, 0.1) is 22.5 Å². The molecule has 0 radical (unpaired) electrons. The van der Waals surface area contributed by atoms with Gasteiger partial charge in [0.1, 0.15) is 0 Å². The zero-order chi connectivity index (χ0) is 14.8. The molecular weight excluding hydrogens is 266 g/mol. The van der Waals surface area contributed by atoms with Gasteiger partial charge in [0.15, 0.2) is 0 Å². The quantitative estimate of drug-likeness (QED) is 0.643. The van der Waals surface area contributed by atoms with Gasteiger partial charge in [-0.1, -0.05) is 0 Å². The first kappa shape index (κ1) is 14.4. The zero-order valence-corrected chi connectivity index (χ0v) is 10.8. The Labute approximate surface area is 114 Å². The maximum absolute atomic E-state index is 11.1. The molecule has 1 atom stereocenters. The molecule has 1 aromatic carbocycles. The molecular formula is C12H15N3O5. The van der Waals surface area contributed by atoms with Crippen LogP contribution in [0.2, 0.25) is 0 Å². The molecule has 0 spiro atoms. The molecule has 0 saturated carbocycles. The largest absolute Gasteiger partial charge is 0.381 e. The normalized spacial score (nSPS) is 21.9. The zero-order valence-electron chi connectivity index (χ0n) is 10.8. The average molecular weight is 281 g/mol. The van der Waals surface area contributed by atoms with Crippen molar-refractivity contribution in [1.29, 1.82) is 0 Å². The number of ether oxygens (including phenoxy) is 1. The fourth-order valence-electron chi connectivity index (χ4n) is 2.41. The van der Waals surface area contributed by atoms with Gasteiger partial charge in [0.2, 0.25) is 0 Å². The molecule has 2 N–H and O–H groups in total. The molecule has 1 aliphatic heterocycles. The fourth-order valence-corrected chi connectivity index (χ4v) is 2.41. The third kappa shape index (κ3) is 2.75. The van der Waals surface area contributed by atoms with Gasteiger partial charge < -0.3 is 10.5 Å². The predicted molar refractivity (Wildman–Crippen MR) is 70.4 cm³/mol. The van der Waals surface area contributed by atoms with Gasteiger partial charge in [-0.15, -0.1) is 0 Å². The van der Waals surface area contributed by atoms with Gasteiger partial charge in [-0.25, -0.2) is 0 Å². The number of hydrogen-bond acceptors (Lipinski definition) is 6. The maximum Gasteiger partial charge on any atom is 0.279 e. The molecule has 20 heavy (non-hydrogen) atoms. The van der Waals surface area contributed by atoms with Crippen LogP contribution in [0.5, 0.6) is 0 Å². The van der Waals surface area contributed by atoms with Crippen LogP contribution in [0.25, 0.3) is 0 Å². The van der Waals surface area contributed by atoms with Crippen LogP contribution in [-0.4, -0.2) is 29.6 Å². The molecule has 2 rings (SSSR count). The third-order valence-electron chi connectivity index (χ3n) is 3.66. The lowest BCUT2D eigenvalue weighted by atomic mass is 9.80. The molecule has 8 heteroatoms. The SMILES string of the molecule is NCC1(Cc2ccc([N+](=O)[O-])cc2[N+](=O)[O-])CCOC1. The van der Waals surface area contributed by atoms with Crippen LogP contribution in [0.4, 0.5) is 11.4 Å². The second kappa shape index (κ2) is 5.51. The topological polar surface area (TPSA) is 122 Å². The smallest absolute Gasteiger partial charge is 0.279 e. The summed E-state index contributed by atoms with van der Waals surface area (Å²) in [4.78, 5) is 20.5. The lowest BCUT2D eigenvalue weighted by Crippen LogP contribution is -2.33. The molecule has 0 aliphatic carbocycles. The molecule has 8 nitrogen and oxygen atoms in total. The van der Waals surface area contributed by atoms with Crippen molar-refractivity contribution in [2.45, 2.75) is 12.8 Å². The molecule has 1 aromatic rings. The summed E-state index contributed by atoms with van der Waals surface area (Å²) >= 11 is 0. The van der Waals surface area contributed by atoms with E-state index in [4.69, 9.17) is 10.5 Å². The number of rotatable bonds is 5. The van der Waals surface area contributed by atoms with Crippen molar-refractivity contribution in [2.24, 2.45) is 11.1 Å². The van der Waals surface area contributed by atoms with E-state index in [1.807, 2.05) is 0 Å². The lowest BCUT2D eigenvalue weighted by molar-refractivity contribution is -0.394. The standard InChI is InChI=1S/C12H15N3O5/c13-7-12(3-4-20-8-12)6-9-1-2-10(14(16)17)5-11(9)15(18)19/h1-2,5H,3-4,6-8,13H2. The second-order valence-electron chi connectivity index (χ2n) is 5.01. The number of nitrogens with two attached hydrogens (primary N) is 1. The molecule has 1 unspecified atom stereocenters. The van der Waals surface area contributed by atoms with Crippen LogP contribution in [0.1, 0.15) is 12.0 Å². The Morgan fingerprint density at radius 1 is 1.30 bits per heavy atom. The molecule has 1 aliphatic rings. The molecule has 1 saturated heterocycles. The third-order valence-corrected chi connectivity index (χ3v) is 3.66. The van der Waals surface area contributed by atoms with Crippen molar-refractivity contribution in [3.63, 3.8) is 0 Å². The number of nitro benzene ring substituents is 2. The van der Waals surface area contributed by atoms with E-state index in [1.54, 1.807) is 0 Å². The highest BCUT2D eigenvalue weighted by Gasteiger charge is 2.36. The summed E-state index contributed by atoms with van der Waals surface area (Å²) in [5.41, 5.74) is 5.38. The van der Waals surface area contributed by atoms with E-state index < -0.39 is 9.85 Å². The van der Waals surface area contributed by atoms with E-state index in [0.717, 1.165) is 12.5 Å². The summed E-state index contributed by atoms with van der Waals surface area (Å²) < 4.78 is 5.33. The molecule has 0 amide bonds. The molecule has 0 aromatic heterocycles. The summed E-state index contributed by atoms with van der Waals surface area (Å²) in [7, 11) is 0. The predicted octanol–water partition coefficient (Wildman–Crippen LogP) is 1.41. The van der Waals surface area contributed by atoms with Crippen molar-refractivity contribution in [1.82, 2.24) is 0 Å². The van der Waals surface area contributed by atoms with Gasteiger partial charge >= 0.3 is 0 Å². The van der Waals surface area contributed by atoms with E-state index in [1.165, 1.54) is 12.1 Å². The molecule has 108 valence electrons. The molecule has 0 bridgehead atoms. The lowest BCUT2D eigenvalue weighted by Gasteiger charge is -2.25. The number of hydrogen-bond donors (Lipinski definition) is 1. The highest BCUT2D eigenvalue weighted by Crippen LogP contribution is 2.35. The van der Waals surface area contributed by atoms with Crippen LogP contribution in [0.3, 0.4) is 0 Å². The van der Waals surface area contributed by atoms with Crippen molar-refractivity contribution >= 4 is 11.4 Å². The summed E-state index contributed by atoms with van der Waals surface area (Å²) in [6.07, 6.45) is 1.12. The highest BCUT2D eigenvalue weighted by atomic mass is 16.6. The van der Waals surface area contributed by atoms with Gasteiger partial charge in [0.25, 0.3) is 11.4 Å². The minimum absolute atomic E-state index is 0.237. The van der Waals surface area contributed by atoms with Crippen molar-refractivity contribution in [3.8, 4) is 0 Å². The van der Waals surface area contributed by atoms with Crippen molar-refractivity contribution in [2.75, 3.05) is 19.8 Å². The summed E-state index contributed by atoms with van der Waals surface area (Å²) in [6.45, 7) is 1.40. The Kier molecular flexibility index (Phi) is 3.96. The fraction of sp³-hybridized carbons (Fsp3) is 0.500. The first-order valence-corrected chi connectivity index (χ1v) is 6.17. The highest BCUT2D eigenvalue weighted by molar-refractivity contribution is 5.49. The summed E-state index contributed by atoms with van der Waals surface area (Å²) in [5, 5.41) is 21.8. The second-order valence-corrected chi connectivity index (χ2v) is 5.01. The van der Waals surface area contributed by atoms with E-state index in [2.05, 4.69) is 0 Å². The number of nitro groups is 2. The number of benzene rings is 1. The van der Waals surface area contributed by atoms with Gasteiger partial charge in [-0.3, -0.25) is 20.2 Å². The first-order valence-electron chi connectivity index (χ1n) is 6.17. The van der Waals surface area contributed by atoms with E-state index >= 15 is 0 Å². The van der Waals surface area contributed by atoms with Crippen LogP contribution < -0.4 is 5.73 Å². The van der Waals surface area contributed by atoms with E-state index in [0.29, 0.717) is 31.7 Å². The molecule has 1 fully saturated rings. The Morgan fingerprint density at radius 3 is 2.55 bits per heavy atom. The van der Waals surface area contributed by atoms with E-state index in [9.17, 15) is 20.2 Å². The Hall–Kier alpha value is -2.06. The Bertz CT molecular complexity index is 540. The average Bonchev–Trinajstić information content (AvgIpc) is 2.88.